The van der Waals surface area contributed by atoms with E-state index in [-0.39, 0.29) is 10.4 Å². The molecule has 1 aromatic rings. The smallest absolute Gasteiger partial charge is 0.240 e. The molecule has 0 bridgehead atoms. The van der Waals surface area contributed by atoms with Gasteiger partial charge in [0.05, 0.1) is 24.7 Å². The third-order valence-electron chi connectivity index (χ3n) is 3.86. The van der Waals surface area contributed by atoms with Gasteiger partial charge in [0.1, 0.15) is 18.6 Å². The maximum Gasteiger partial charge on any atom is 0.240 e. The van der Waals surface area contributed by atoms with Gasteiger partial charge in [-0.15, -0.1) is 0 Å². The second kappa shape index (κ2) is 6.75. The minimum atomic E-state index is -3.48. The van der Waals surface area contributed by atoms with Gasteiger partial charge in [-0.1, -0.05) is 22.0 Å². The quantitative estimate of drug-likeness (QED) is 0.781. The topological polar surface area (TPSA) is 59.8 Å². The summed E-state index contributed by atoms with van der Waals surface area (Å²) in [6.45, 7) is 7.84. The zero-order chi connectivity index (χ0) is 15.5. The molecule has 1 aliphatic heterocycles. The van der Waals surface area contributed by atoms with Gasteiger partial charge in [0.25, 0.3) is 0 Å². The number of morpholine rings is 1. The summed E-state index contributed by atoms with van der Waals surface area (Å²) in [5.41, 5.74) is -0.164. The summed E-state index contributed by atoms with van der Waals surface area (Å²) in [5, 5.41) is 0. The number of sulfonamides is 1. The molecule has 1 saturated heterocycles. The van der Waals surface area contributed by atoms with Crippen molar-refractivity contribution in [2.75, 3.05) is 32.8 Å². The summed E-state index contributed by atoms with van der Waals surface area (Å²) < 4.78 is 33.5. The average Bonchev–Trinajstić information content (AvgIpc) is 2.46. The molecule has 2 rings (SSSR count). The lowest BCUT2D eigenvalue weighted by atomic mass is 10.0. The Bertz CT molecular complexity index is 584. The van der Waals surface area contributed by atoms with Crippen LogP contribution in [0.25, 0.3) is 0 Å². The number of hydrogen-bond acceptors (Lipinski definition) is 3. The monoisotopic (exact) mass is 377 g/mol. The molecule has 1 aromatic carbocycles. The van der Waals surface area contributed by atoms with E-state index in [1.807, 2.05) is 0 Å². The Kier molecular flexibility index (Phi) is 5.43. The predicted molar refractivity (Wildman–Crippen MR) is 84.9 cm³/mol. The second-order valence-corrected chi connectivity index (χ2v) is 8.56. The molecule has 1 heterocycles. The summed E-state index contributed by atoms with van der Waals surface area (Å²) in [5.74, 6) is 0. The third kappa shape index (κ3) is 4.50. The highest BCUT2D eigenvalue weighted by Crippen LogP contribution is 2.16. The van der Waals surface area contributed by atoms with Crippen molar-refractivity contribution in [3.05, 3.63) is 28.7 Å². The maximum atomic E-state index is 12.3. The Morgan fingerprint density at radius 3 is 2.62 bits per heavy atom. The van der Waals surface area contributed by atoms with Gasteiger partial charge in [-0.2, -0.15) is 0 Å². The van der Waals surface area contributed by atoms with Crippen LogP contribution in [0.15, 0.2) is 33.6 Å². The molecule has 0 aliphatic carbocycles. The molecule has 0 aromatic heterocycles. The van der Waals surface area contributed by atoms with Crippen LogP contribution in [0.3, 0.4) is 0 Å². The maximum absolute atomic E-state index is 12.3. The van der Waals surface area contributed by atoms with Crippen LogP contribution in [0.2, 0.25) is 0 Å². The van der Waals surface area contributed by atoms with Crippen molar-refractivity contribution in [3.8, 4) is 0 Å². The minimum absolute atomic E-state index is 0.164. The first-order valence-corrected chi connectivity index (χ1v) is 9.27. The molecule has 7 heteroatoms. The summed E-state index contributed by atoms with van der Waals surface area (Å²) >= 11 is 3.30. The molecule has 0 spiro atoms. The van der Waals surface area contributed by atoms with E-state index in [1.54, 1.807) is 24.3 Å². The largest absolute Gasteiger partial charge is 0.370 e. The second-order valence-electron chi connectivity index (χ2n) is 5.88. The van der Waals surface area contributed by atoms with E-state index in [9.17, 15) is 8.42 Å². The molecular weight excluding hydrogens is 356 g/mol. The zero-order valence-electron chi connectivity index (χ0n) is 12.4. The fourth-order valence-corrected chi connectivity index (χ4v) is 4.22. The van der Waals surface area contributed by atoms with Gasteiger partial charge in [-0.25, -0.2) is 13.1 Å². The van der Waals surface area contributed by atoms with Crippen molar-refractivity contribution in [2.24, 2.45) is 0 Å². The number of nitrogens with one attached hydrogen (secondary N) is 2. The SMILES string of the molecule is CC(C)(CNS(=O)(=O)c1cccc(Br)c1)[NH+]1CCOCC1. The Morgan fingerprint density at radius 1 is 1.33 bits per heavy atom. The molecule has 1 fully saturated rings. The van der Waals surface area contributed by atoms with Gasteiger partial charge in [0, 0.05) is 4.47 Å². The van der Waals surface area contributed by atoms with E-state index in [4.69, 9.17) is 4.74 Å². The van der Waals surface area contributed by atoms with Crippen LogP contribution in [0, 0.1) is 0 Å². The van der Waals surface area contributed by atoms with Crippen LogP contribution in [0.4, 0.5) is 0 Å². The molecular formula is C14H22BrN2O3S+. The van der Waals surface area contributed by atoms with Gasteiger partial charge in [-0.05, 0) is 32.0 Å². The van der Waals surface area contributed by atoms with Gasteiger partial charge in [-0.3, -0.25) is 0 Å². The molecule has 118 valence electrons. The van der Waals surface area contributed by atoms with Crippen LogP contribution in [0.5, 0.6) is 0 Å². The van der Waals surface area contributed by atoms with E-state index in [0.29, 0.717) is 6.54 Å². The van der Waals surface area contributed by atoms with Gasteiger partial charge in [0.2, 0.25) is 10.0 Å². The highest BCUT2D eigenvalue weighted by Gasteiger charge is 2.33. The number of rotatable bonds is 5. The van der Waals surface area contributed by atoms with Crippen molar-refractivity contribution in [1.29, 1.82) is 0 Å². The summed E-state index contributed by atoms with van der Waals surface area (Å²) in [6, 6.07) is 6.73. The Morgan fingerprint density at radius 2 is 2.00 bits per heavy atom. The van der Waals surface area contributed by atoms with E-state index in [1.165, 1.54) is 4.90 Å². The lowest BCUT2D eigenvalue weighted by Gasteiger charge is -2.37. The molecule has 0 amide bonds. The summed E-state index contributed by atoms with van der Waals surface area (Å²) in [4.78, 5) is 1.65. The summed E-state index contributed by atoms with van der Waals surface area (Å²) in [6.07, 6.45) is 0. The van der Waals surface area contributed by atoms with Crippen molar-refractivity contribution in [2.45, 2.75) is 24.3 Å². The van der Waals surface area contributed by atoms with Gasteiger partial charge in [0.15, 0.2) is 0 Å². The Balaban J connectivity index is 2.03. The fraction of sp³-hybridized carbons (Fsp3) is 0.571. The standard InChI is InChI=1S/C14H21BrN2O3S/c1-14(2,17-6-8-20-9-7-17)11-16-21(18,19)13-5-3-4-12(15)10-13/h3-5,10,16H,6-9,11H2,1-2H3/p+1. The normalized spacial score (nSPS) is 17.9. The van der Waals surface area contributed by atoms with Crippen LogP contribution in [-0.4, -0.2) is 46.8 Å². The third-order valence-corrected chi connectivity index (χ3v) is 5.76. The first-order valence-electron chi connectivity index (χ1n) is 6.99. The molecule has 0 unspecified atom stereocenters. The highest BCUT2D eigenvalue weighted by atomic mass is 79.9. The lowest BCUT2D eigenvalue weighted by Crippen LogP contribution is -3.22. The first-order chi connectivity index (χ1) is 9.81. The first kappa shape index (κ1) is 16.9. The average molecular weight is 378 g/mol. The van der Waals surface area contributed by atoms with E-state index >= 15 is 0 Å². The fourth-order valence-electron chi connectivity index (χ4n) is 2.41. The molecule has 2 N–H and O–H groups in total. The Labute approximate surface area is 134 Å². The van der Waals surface area contributed by atoms with E-state index < -0.39 is 10.0 Å². The number of ether oxygens (including phenoxy) is 1. The molecule has 0 saturated carbocycles. The minimum Gasteiger partial charge on any atom is -0.370 e. The number of benzene rings is 1. The van der Waals surface area contributed by atoms with Crippen LogP contribution >= 0.6 is 15.9 Å². The van der Waals surface area contributed by atoms with Crippen molar-refractivity contribution in [1.82, 2.24) is 4.72 Å². The Hall–Kier alpha value is -0.470. The number of quaternary nitrogens is 1. The molecule has 5 nitrogen and oxygen atoms in total. The highest BCUT2D eigenvalue weighted by molar-refractivity contribution is 9.10. The number of halogens is 1. The van der Waals surface area contributed by atoms with Crippen molar-refractivity contribution < 1.29 is 18.1 Å². The van der Waals surface area contributed by atoms with E-state index in [0.717, 1.165) is 30.8 Å². The predicted octanol–water partition coefficient (Wildman–Crippen LogP) is 0.421. The summed E-state index contributed by atoms with van der Waals surface area (Å²) in [7, 11) is -3.48. The van der Waals surface area contributed by atoms with Crippen LogP contribution < -0.4 is 9.62 Å². The molecule has 0 radical (unpaired) electrons. The van der Waals surface area contributed by atoms with Crippen LogP contribution in [0.1, 0.15) is 13.8 Å². The van der Waals surface area contributed by atoms with E-state index in [2.05, 4.69) is 34.5 Å². The van der Waals surface area contributed by atoms with Crippen LogP contribution in [-0.2, 0) is 14.8 Å². The van der Waals surface area contributed by atoms with Gasteiger partial charge < -0.3 is 9.64 Å². The molecule has 1 aliphatic rings. The molecule has 21 heavy (non-hydrogen) atoms. The number of hydrogen-bond donors (Lipinski definition) is 2. The zero-order valence-corrected chi connectivity index (χ0v) is 14.8. The lowest BCUT2D eigenvalue weighted by molar-refractivity contribution is -0.954. The molecule has 0 atom stereocenters. The van der Waals surface area contributed by atoms with Crippen molar-refractivity contribution >= 4 is 26.0 Å². The van der Waals surface area contributed by atoms with Crippen molar-refractivity contribution in [3.63, 3.8) is 0 Å². The van der Waals surface area contributed by atoms with Gasteiger partial charge >= 0.3 is 0 Å².